The molecule has 0 radical (unpaired) electrons. The Labute approximate surface area is 168 Å². The number of thiazole rings is 1. The van der Waals surface area contributed by atoms with Crippen LogP contribution in [0.4, 0.5) is 0 Å². The number of hydrogen-bond acceptors (Lipinski definition) is 4. The van der Waals surface area contributed by atoms with Crippen molar-refractivity contribution in [3.8, 4) is 0 Å². The minimum Gasteiger partial charge on any atom is -0.338 e. The molecule has 0 spiro atoms. The average Bonchev–Trinajstić information content (AvgIpc) is 2.95. The van der Waals surface area contributed by atoms with Gasteiger partial charge >= 0.3 is 0 Å². The van der Waals surface area contributed by atoms with Gasteiger partial charge in [-0.05, 0) is 45.1 Å². The quantitative estimate of drug-likeness (QED) is 0.741. The summed E-state index contributed by atoms with van der Waals surface area (Å²) >= 11 is 1.73. The van der Waals surface area contributed by atoms with E-state index in [-0.39, 0.29) is 42.2 Å². The number of carbonyl (C=O) groups excluding carboxylic acids is 1. The normalized spacial score (nSPS) is 17.2. The number of carbonyl (C=O) groups is 1. The molecule has 0 aliphatic heterocycles. The Kier molecular flexibility index (Phi) is 10.6. The number of aryl methyl sites for hydroxylation is 2. The van der Waals surface area contributed by atoms with E-state index in [0.29, 0.717) is 13.0 Å². The summed E-state index contributed by atoms with van der Waals surface area (Å²) < 4.78 is 0. The van der Waals surface area contributed by atoms with Crippen LogP contribution in [0.5, 0.6) is 0 Å². The van der Waals surface area contributed by atoms with Crippen LogP contribution in [0.25, 0.3) is 0 Å². The topological polar surface area (TPSA) is 59.2 Å². The SMILES string of the molecule is CCc1nc(C)c(C(C)N(C)C(=O)CC2(CN)CCCCC2)s1.Cl.Cl. The highest BCUT2D eigenvalue weighted by atomic mass is 35.5. The van der Waals surface area contributed by atoms with Crippen LogP contribution >= 0.6 is 36.2 Å². The fourth-order valence-corrected chi connectivity index (χ4v) is 4.70. The van der Waals surface area contributed by atoms with Crippen LogP contribution in [-0.4, -0.2) is 29.4 Å². The monoisotopic (exact) mass is 409 g/mol. The standard InChI is InChI=1S/C18H31N3OS.2ClH/c1-5-15-20-13(2)17(23-15)14(3)21(4)16(22)11-18(12-19)9-7-6-8-10-18;;/h14H,5-12,19H2,1-4H3;2*1H. The highest BCUT2D eigenvalue weighted by Gasteiger charge is 2.35. The van der Waals surface area contributed by atoms with Crippen molar-refractivity contribution < 1.29 is 4.79 Å². The largest absolute Gasteiger partial charge is 0.338 e. The van der Waals surface area contributed by atoms with E-state index in [2.05, 4.69) is 18.8 Å². The van der Waals surface area contributed by atoms with Crippen LogP contribution in [0.2, 0.25) is 0 Å². The van der Waals surface area contributed by atoms with Gasteiger partial charge in [0, 0.05) is 18.3 Å². The lowest BCUT2D eigenvalue weighted by Crippen LogP contribution is -2.40. The second-order valence-corrected chi connectivity index (χ2v) is 8.15. The highest BCUT2D eigenvalue weighted by molar-refractivity contribution is 7.11. The average molecular weight is 410 g/mol. The number of amides is 1. The van der Waals surface area contributed by atoms with Gasteiger partial charge in [0.05, 0.1) is 16.7 Å². The maximum absolute atomic E-state index is 12.8. The minimum atomic E-state index is 0. The fraction of sp³-hybridized carbons (Fsp3) is 0.778. The second kappa shape index (κ2) is 10.7. The molecule has 2 rings (SSSR count). The first kappa shape index (κ1) is 24.6. The third-order valence-corrected chi connectivity index (χ3v) is 6.88. The second-order valence-electron chi connectivity index (χ2n) is 7.03. The Morgan fingerprint density at radius 2 is 1.92 bits per heavy atom. The zero-order valence-corrected chi connectivity index (χ0v) is 18.3. The number of nitrogens with two attached hydrogens (primary N) is 1. The van der Waals surface area contributed by atoms with E-state index in [1.807, 2.05) is 18.9 Å². The van der Waals surface area contributed by atoms with Crippen molar-refractivity contribution in [1.29, 1.82) is 0 Å². The lowest BCUT2D eigenvalue weighted by molar-refractivity contribution is -0.134. The molecular formula is C18H33Cl2N3OS. The van der Waals surface area contributed by atoms with Crippen LogP contribution in [0.3, 0.4) is 0 Å². The van der Waals surface area contributed by atoms with E-state index in [4.69, 9.17) is 5.73 Å². The van der Waals surface area contributed by atoms with Crippen molar-refractivity contribution in [3.63, 3.8) is 0 Å². The van der Waals surface area contributed by atoms with E-state index in [1.165, 1.54) is 24.1 Å². The summed E-state index contributed by atoms with van der Waals surface area (Å²) in [5.74, 6) is 0.218. The van der Waals surface area contributed by atoms with Gasteiger partial charge in [-0.1, -0.05) is 26.2 Å². The predicted molar refractivity (Wildman–Crippen MR) is 111 cm³/mol. The molecule has 1 atom stereocenters. The van der Waals surface area contributed by atoms with Gasteiger partial charge in [0.25, 0.3) is 0 Å². The molecule has 1 heterocycles. The van der Waals surface area contributed by atoms with E-state index in [1.54, 1.807) is 11.3 Å². The summed E-state index contributed by atoms with van der Waals surface area (Å²) in [6.07, 6.45) is 7.42. The van der Waals surface area contributed by atoms with Crippen molar-refractivity contribution in [1.82, 2.24) is 9.88 Å². The summed E-state index contributed by atoms with van der Waals surface area (Å²) in [6, 6.07) is 0.0821. The van der Waals surface area contributed by atoms with Gasteiger partial charge < -0.3 is 10.6 Å². The van der Waals surface area contributed by atoms with Gasteiger partial charge in [-0.2, -0.15) is 0 Å². The van der Waals surface area contributed by atoms with Gasteiger partial charge in [0.15, 0.2) is 0 Å². The summed E-state index contributed by atoms with van der Waals surface area (Å²) in [6.45, 7) is 6.90. The molecule has 0 saturated heterocycles. The van der Waals surface area contributed by atoms with Crippen molar-refractivity contribution in [3.05, 3.63) is 15.6 Å². The van der Waals surface area contributed by atoms with Crippen molar-refractivity contribution in [2.75, 3.05) is 13.6 Å². The third-order valence-electron chi connectivity index (χ3n) is 5.41. The minimum absolute atomic E-state index is 0. The molecular weight excluding hydrogens is 377 g/mol. The van der Waals surface area contributed by atoms with E-state index in [9.17, 15) is 4.79 Å². The Balaban J connectivity index is 0.00000288. The Hall–Kier alpha value is -0.360. The Morgan fingerprint density at radius 1 is 1.32 bits per heavy atom. The van der Waals surface area contributed by atoms with Crippen LogP contribution in [0, 0.1) is 12.3 Å². The number of halogens is 2. The maximum Gasteiger partial charge on any atom is 0.223 e. The Bertz CT molecular complexity index is 544. The van der Waals surface area contributed by atoms with E-state index < -0.39 is 0 Å². The zero-order chi connectivity index (χ0) is 17.0. The summed E-state index contributed by atoms with van der Waals surface area (Å²) in [4.78, 5) is 20.5. The fourth-order valence-electron chi connectivity index (χ4n) is 3.60. The molecule has 1 aliphatic rings. The van der Waals surface area contributed by atoms with Gasteiger partial charge in [0.1, 0.15) is 0 Å². The molecule has 0 aromatic carbocycles. The van der Waals surface area contributed by atoms with Crippen molar-refractivity contribution >= 4 is 42.1 Å². The summed E-state index contributed by atoms with van der Waals surface area (Å²) in [5, 5.41) is 1.15. The van der Waals surface area contributed by atoms with Gasteiger partial charge in [-0.15, -0.1) is 36.2 Å². The first-order valence-corrected chi connectivity index (χ1v) is 9.66. The Morgan fingerprint density at radius 3 is 2.40 bits per heavy atom. The molecule has 2 N–H and O–H groups in total. The molecule has 1 amide bonds. The van der Waals surface area contributed by atoms with Gasteiger partial charge in [0.2, 0.25) is 5.91 Å². The highest BCUT2D eigenvalue weighted by Crippen LogP contribution is 2.39. The molecule has 1 fully saturated rings. The number of rotatable bonds is 6. The zero-order valence-electron chi connectivity index (χ0n) is 15.8. The van der Waals surface area contributed by atoms with Crippen LogP contribution in [0.15, 0.2) is 0 Å². The smallest absolute Gasteiger partial charge is 0.223 e. The van der Waals surface area contributed by atoms with E-state index >= 15 is 0 Å². The molecule has 146 valence electrons. The molecule has 1 aromatic rings. The van der Waals surface area contributed by atoms with Gasteiger partial charge in [-0.3, -0.25) is 4.79 Å². The third kappa shape index (κ3) is 5.81. The summed E-state index contributed by atoms with van der Waals surface area (Å²) in [5.41, 5.74) is 7.13. The molecule has 0 bridgehead atoms. The lowest BCUT2D eigenvalue weighted by atomic mass is 9.71. The molecule has 1 aromatic heterocycles. The van der Waals surface area contributed by atoms with Crippen LogP contribution in [0.1, 0.15) is 74.0 Å². The van der Waals surface area contributed by atoms with Crippen molar-refractivity contribution in [2.45, 2.75) is 71.8 Å². The number of nitrogens with zero attached hydrogens (tertiary/aromatic N) is 2. The van der Waals surface area contributed by atoms with Crippen LogP contribution < -0.4 is 5.73 Å². The van der Waals surface area contributed by atoms with E-state index in [0.717, 1.165) is 30.0 Å². The summed E-state index contributed by atoms with van der Waals surface area (Å²) in [7, 11) is 1.92. The molecule has 1 saturated carbocycles. The first-order chi connectivity index (χ1) is 10.9. The number of hydrogen-bond donors (Lipinski definition) is 1. The molecule has 1 unspecified atom stereocenters. The molecule has 25 heavy (non-hydrogen) atoms. The lowest BCUT2D eigenvalue weighted by Gasteiger charge is -2.37. The molecule has 7 heteroatoms. The van der Waals surface area contributed by atoms with Crippen LogP contribution in [-0.2, 0) is 11.2 Å². The molecule has 1 aliphatic carbocycles. The first-order valence-electron chi connectivity index (χ1n) is 8.84. The maximum atomic E-state index is 12.8. The predicted octanol–water partition coefficient (Wildman–Crippen LogP) is 4.68. The number of aromatic nitrogens is 1. The molecule has 4 nitrogen and oxygen atoms in total. The van der Waals surface area contributed by atoms with Crippen molar-refractivity contribution in [2.24, 2.45) is 11.1 Å². The van der Waals surface area contributed by atoms with Gasteiger partial charge in [-0.25, -0.2) is 4.98 Å².